The van der Waals surface area contributed by atoms with Crippen LogP contribution in [0.15, 0.2) is 30.3 Å². The Hall–Kier alpha value is -1.35. The Labute approximate surface area is 187 Å². The molecule has 7 nitrogen and oxygen atoms in total. The highest BCUT2D eigenvalue weighted by Crippen LogP contribution is 2.51. The Morgan fingerprint density at radius 2 is 1.90 bits per heavy atom. The van der Waals surface area contributed by atoms with Gasteiger partial charge in [-0.2, -0.15) is 0 Å². The number of ether oxygens (including phenoxy) is 2. The lowest BCUT2D eigenvalue weighted by Crippen LogP contribution is -2.71. The van der Waals surface area contributed by atoms with Crippen molar-refractivity contribution in [2.24, 2.45) is 0 Å². The number of carbonyl (C=O) groups is 3. The van der Waals surface area contributed by atoms with E-state index in [1.807, 2.05) is 19.9 Å². The molecule has 158 valence electrons. The van der Waals surface area contributed by atoms with Crippen molar-refractivity contribution in [2.75, 3.05) is 13.2 Å². The second-order valence-electron chi connectivity index (χ2n) is 7.13. The zero-order valence-corrected chi connectivity index (χ0v) is 18.6. The number of alkyl halides is 3. The normalized spacial score (nSPS) is 25.1. The Morgan fingerprint density at radius 3 is 2.52 bits per heavy atom. The smallest absolute Gasteiger partial charge is 0.330 e. The highest BCUT2D eigenvalue weighted by Gasteiger charge is 2.64. The molecule has 0 spiro atoms. The molecule has 1 aromatic rings. The second kappa shape index (κ2) is 8.41. The summed E-state index contributed by atoms with van der Waals surface area (Å²) >= 11 is 18.3. The van der Waals surface area contributed by atoms with Crippen LogP contribution in [0.1, 0.15) is 13.8 Å². The number of hydrogen-bond donors (Lipinski definition) is 1. The molecule has 3 atom stereocenters. The third kappa shape index (κ3) is 5.05. The molecule has 2 amide bonds. The van der Waals surface area contributed by atoms with E-state index in [0.29, 0.717) is 5.75 Å². The zero-order valence-electron chi connectivity index (χ0n) is 15.6. The van der Waals surface area contributed by atoms with Gasteiger partial charge in [-0.1, -0.05) is 53.0 Å². The van der Waals surface area contributed by atoms with Crippen molar-refractivity contribution in [3.8, 4) is 5.75 Å². The van der Waals surface area contributed by atoms with Gasteiger partial charge in [-0.25, -0.2) is 4.79 Å². The first-order valence-corrected chi connectivity index (χ1v) is 10.7. The third-order valence-corrected chi connectivity index (χ3v) is 6.37. The number of nitrogens with zero attached hydrogens (tertiary/aromatic N) is 1. The van der Waals surface area contributed by atoms with Gasteiger partial charge < -0.3 is 19.7 Å². The quantitative estimate of drug-likeness (QED) is 0.382. The van der Waals surface area contributed by atoms with Crippen LogP contribution in [0, 0.1) is 0 Å². The molecule has 29 heavy (non-hydrogen) atoms. The minimum atomic E-state index is -1.74. The Balaban J connectivity index is 1.58. The molecule has 0 aromatic heterocycles. The van der Waals surface area contributed by atoms with E-state index in [9.17, 15) is 14.4 Å². The van der Waals surface area contributed by atoms with Gasteiger partial charge in [-0.05, 0) is 26.0 Å². The predicted octanol–water partition coefficient (Wildman–Crippen LogP) is 2.53. The van der Waals surface area contributed by atoms with E-state index in [4.69, 9.17) is 44.3 Å². The first-order valence-electron chi connectivity index (χ1n) is 8.70. The van der Waals surface area contributed by atoms with Crippen LogP contribution in [0.25, 0.3) is 0 Å². The van der Waals surface area contributed by atoms with Gasteiger partial charge in [0.25, 0.3) is 5.91 Å². The first kappa shape index (κ1) is 22.3. The van der Waals surface area contributed by atoms with Gasteiger partial charge >= 0.3 is 5.97 Å². The summed E-state index contributed by atoms with van der Waals surface area (Å²) in [7, 11) is 0. The maximum Gasteiger partial charge on any atom is 0.330 e. The summed E-state index contributed by atoms with van der Waals surface area (Å²) in [5.74, 6) is -0.885. The van der Waals surface area contributed by atoms with Gasteiger partial charge in [0.2, 0.25) is 9.70 Å². The Morgan fingerprint density at radius 1 is 1.24 bits per heavy atom. The molecule has 2 unspecified atom stereocenters. The average Bonchev–Trinajstić information content (AvgIpc) is 2.91. The highest BCUT2D eigenvalue weighted by molar-refractivity contribution is 8.01. The lowest BCUT2D eigenvalue weighted by atomic mass is 9.96. The van der Waals surface area contributed by atoms with E-state index in [1.54, 1.807) is 24.3 Å². The zero-order chi connectivity index (χ0) is 21.4. The van der Waals surface area contributed by atoms with Crippen molar-refractivity contribution in [1.82, 2.24) is 10.2 Å². The Bertz CT molecular complexity index is 802. The number of fused-ring (bicyclic) bond motifs is 1. The van der Waals surface area contributed by atoms with Crippen LogP contribution in [-0.2, 0) is 19.1 Å². The number of benzene rings is 1. The van der Waals surface area contributed by atoms with Gasteiger partial charge in [0.15, 0.2) is 6.61 Å². The van der Waals surface area contributed by atoms with Crippen LogP contribution in [-0.4, -0.2) is 61.9 Å². The van der Waals surface area contributed by atoms with Crippen molar-refractivity contribution >= 4 is 64.3 Å². The average molecular weight is 482 g/mol. The summed E-state index contributed by atoms with van der Waals surface area (Å²) < 4.78 is 8.10. The molecule has 2 heterocycles. The minimum absolute atomic E-state index is 0.219. The topological polar surface area (TPSA) is 84.9 Å². The third-order valence-electron chi connectivity index (χ3n) is 4.47. The van der Waals surface area contributed by atoms with Crippen molar-refractivity contribution < 1.29 is 23.9 Å². The summed E-state index contributed by atoms with van der Waals surface area (Å²) in [4.78, 5) is 38.7. The number of carbonyl (C=O) groups excluding carboxylic acids is 3. The number of esters is 1. The molecule has 2 fully saturated rings. The standard InChI is InChI=1S/C18H19Cl3N2O5S/c1-17(2)13(16(26)28-9-18(19,20)21)23-14(25)12(15(23)29-17)22-11(24)8-27-10-6-4-3-5-7-10/h3-7,12-13,15H,8-9H2,1-2H3,(H,22,24)/t12?,13?,15-/m0/s1. The molecular formula is C18H19Cl3N2O5S. The van der Waals surface area contributed by atoms with Crippen molar-refractivity contribution in [2.45, 2.75) is 39.8 Å². The number of para-hydroxylation sites is 1. The van der Waals surface area contributed by atoms with Gasteiger partial charge in [0.1, 0.15) is 29.8 Å². The number of β-lactam (4-membered cyclic amide) rings is 1. The molecule has 1 aromatic carbocycles. The van der Waals surface area contributed by atoms with E-state index in [1.165, 1.54) is 16.7 Å². The molecule has 2 aliphatic heterocycles. The second-order valence-corrected chi connectivity index (χ2v) is 11.4. The van der Waals surface area contributed by atoms with Crippen LogP contribution in [0.3, 0.4) is 0 Å². The number of rotatable bonds is 6. The number of halogens is 3. The first-order chi connectivity index (χ1) is 13.5. The summed E-state index contributed by atoms with van der Waals surface area (Å²) in [5.41, 5.74) is 0. The van der Waals surface area contributed by atoms with Gasteiger partial charge in [0.05, 0.1) is 0 Å². The lowest BCUT2D eigenvalue weighted by Gasteiger charge is -2.43. The SMILES string of the molecule is CC1(C)S[C@H]2C(NC(=O)COc3ccccc3)C(=O)N2C1C(=O)OCC(Cl)(Cl)Cl. The molecule has 0 bridgehead atoms. The van der Waals surface area contributed by atoms with Crippen molar-refractivity contribution in [3.63, 3.8) is 0 Å². The van der Waals surface area contributed by atoms with Crippen molar-refractivity contribution in [1.29, 1.82) is 0 Å². The molecule has 11 heteroatoms. The minimum Gasteiger partial charge on any atom is -0.484 e. The summed E-state index contributed by atoms with van der Waals surface area (Å²) in [6, 6.07) is 7.30. The van der Waals surface area contributed by atoms with Crippen LogP contribution >= 0.6 is 46.6 Å². The monoisotopic (exact) mass is 480 g/mol. The van der Waals surface area contributed by atoms with Gasteiger partial charge in [-0.15, -0.1) is 11.8 Å². The van der Waals surface area contributed by atoms with Gasteiger partial charge in [0, 0.05) is 4.75 Å². The van der Waals surface area contributed by atoms with E-state index < -0.39 is 39.1 Å². The Kier molecular flexibility index (Phi) is 6.48. The van der Waals surface area contributed by atoms with E-state index in [2.05, 4.69) is 5.32 Å². The summed E-state index contributed by atoms with van der Waals surface area (Å²) in [6.45, 7) is 3.00. The summed E-state index contributed by atoms with van der Waals surface area (Å²) in [5, 5.41) is 2.28. The number of thioether (sulfide) groups is 1. The fourth-order valence-corrected chi connectivity index (χ4v) is 5.02. The lowest BCUT2D eigenvalue weighted by molar-refractivity contribution is -0.164. The molecule has 0 saturated carbocycles. The highest BCUT2D eigenvalue weighted by atomic mass is 35.6. The van der Waals surface area contributed by atoms with Crippen LogP contribution in [0.5, 0.6) is 5.75 Å². The molecule has 0 radical (unpaired) electrons. The fourth-order valence-electron chi connectivity index (χ4n) is 3.24. The van der Waals surface area contributed by atoms with Crippen molar-refractivity contribution in [3.05, 3.63) is 30.3 Å². The molecule has 2 saturated heterocycles. The van der Waals surface area contributed by atoms with Crippen LogP contribution < -0.4 is 10.1 Å². The molecular weight excluding hydrogens is 463 g/mol. The van der Waals surface area contributed by atoms with E-state index in [-0.39, 0.29) is 17.9 Å². The number of amides is 2. The number of nitrogens with one attached hydrogen (secondary N) is 1. The van der Waals surface area contributed by atoms with Crippen LogP contribution in [0.2, 0.25) is 0 Å². The van der Waals surface area contributed by atoms with Crippen LogP contribution in [0.4, 0.5) is 0 Å². The molecule has 2 aliphatic rings. The molecule has 1 N–H and O–H groups in total. The molecule has 3 rings (SSSR count). The summed E-state index contributed by atoms with van der Waals surface area (Å²) in [6.07, 6.45) is 0. The number of hydrogen-bond acceptors (Lipinski definition) is 6. The predicted molar refractivity (Wildman–Crippen MR) is 111 cm³/mol. The maximum absolute atomic E-state index is 12.6. The maximum atomic E-state index is 12.6. The van der Waals surface area contributed by atoms with E-state index in [0.717, 1.165) is 0 Å². The fraction of sp³-hybridized carbons (Fsp3) is 0.500. The molecule has 0 aliphatic carbocycles. The van der Waals surface area contributed by atoms with Gasteiger partial charge in [-0.3, -0.25) is 9.59 Å². The van der Waals surface area contributed by atoms with E-state index >= 15 is 0 Å². The largest absolute Gasteiger partial charge is 0.484 e.